The monoisotopic (exact) mass is 205 g/mol. The molecule has 1 heterocycles. The summed E-state index contributed by atoms with van der Waals surface area (Å²) in [6.07, 6.45) is 3.54. The molecule has 84 valence electrons. The van der Waals surface area contributed by atoms with E-state index in [1.807, 2.05) is 0 Å². The first-order valence-electron chi connectivity index (χ1n) is 6.19. The van der Waals surface area contributed by atoms with Gasteiger partial charge in [-0.2, -0.15) is 0 Å². The minimum Gasteiger partial charge on any atom is -0.257 e. The Morgan fingerprint density at radius 3 is 2.13 bits per heavy atom. The van der Waals surface area contributed by atoms with Crippen LogP contribution in [0.5, 0.6) is 0 Å². The lowest BCUT2D eigenvalue weighted by atomic mass is 9.97. The molecule has 0 aliphatic rings. The summed E-state index contributed by atoms with van der Waals surface area (Å²) in [7, 11) is 0. The highest BCUT2D eigenvalue weighted by atomic mass is 14.7. The molecule has 0 aromatic carbocycles. The molecule has 0 bridgehead atoms. The fraction of sp³-hybridized carbons (Fsp3) is 0.643. The van der Waals surface area contributed by atoms with Crippen molar-refractivity contribution in [1.82, 2.24) is 4.98 Å². The van der Waals surface area contributed by atoms with Crippen molar-refractivity contribution in [2.45, 2.75) is 58.8 Å². The van der Waals surface area contributed by atoms with Gasteiger partial charge in [-0.3, -0.25) is 4.98 Å². The second kappa shape index (κ2) is 5.89. The Morgan fingerprint density at radius 2 is 1.60 bits per heavy atom. The summed E-state index contributed by atoms with van der Waals surface area (Å²) in [5.74, 6) is 1.22. The van der Waals surface area contributed by atoms with Crippen LogP contribution < -0.4 is 0 Å². The van der Waals surface area contributed by atoms with E-state index in [-0.39, 0.29) is 0 Å². The first-order chi connectivity index (χ1) is 7.22. The highest BCUT2D eigenvalue weighted by Crippen LogP contribution is 2.23. The van der Waals surface area contributed by atoms with Gasteiger partial charge < -0.3 is 0 Å². The molecule has 0 aliphatic carbocycles. The van der Waals surface area contributed by atoms with Crippen LogP contribution in [0.15, 0.2) is 18.2 Å². The fourth-order valence-corrected chi connectivity index (χ4v) is 1.89. The van der Waals surface area contributed by atoms with E-state index >= 15 is 0 Å². The summed E-state index contributed by atoms with van der Waals surface area (Å²) in [4.78, 5) is 4.79. The van der Waals surface area contributed by atoms with Gasteiger partial charge in [-0.25, -0.2) is 0 Å². The molecule has 0 saturated heterocycles. The van der Waals surface area contributed by atoms with Crippen LogP contribution in [0.3, 0.4) is 0 Å². The van der Waals surface area contributed by atoms with E-state index in [2.05, 4.69) is 45.9 Å². The Balaban J connectivity index is 2.91. The molecule has 0 amide bonds. The third-order valence-corrected chi connectivity index (χ3v) is 3.31. The lowest BCUT2D eigenvalue weighted by molar-refractivity contribution is 0.610. The van der Waals surface area contributed by atoms with Crippen molar-refractivity contribution in [1.29, 1.82) is 0 Å². The van der Waals surface area contributed by atoms with Gasteiger partial charge in [0.1, 0.15) is 0 Å². The van der Waals surface area contributed by atoms with Gasteiger partial charge in [0.05, 0.1) is 0 Å². The molecule has 1 aromatic heterocycles. The van der Waals surface area contributed by atoms with Crippen molar-refractivity contribution in [2.75, 3.05) is 0 Å². The van der Waals surface area contributed by atoms with Gasteiger partial charge in [0, 0.05) is 17.3 Å². The first kappa shape index (κ1) is 12.2. The van der Waals surface area contributed by atoms with Crippen molar-refractivity contribution in [2.24, 2.45) is 0 Å². The Labute approximate surface area is 93.9 Å². The van der Waals surface area contributed by atoms with Crippen LogP contribution in [0.2, 0.25) is 0 Å². The van der Waals surface area contributed by atoms with E-state index in [0.717, 1.165) is 0 Å². The molecule has 0 aliphatic heterocycles. The minimum atomic E-state index is 0.583. The molecule has 0 radical (unpaired) electrons. The van der Waals surface area contributed by atoms with Gasteiger partial charge in [0.2, 0.25) is 0 Å². The first-order valence-corrected chi connectivity index (χ1v) is 6.19. The lowest BCUT2D eigenvalue weighted by Crippen LogP contribution is -2.03. The normalized spacial score (nSPS) is 13.1. The summed E-state index contributed by atoms with van der Waals surface area (Å²) in [5.41, 5.74) is 2.53. The molecule has 1 heteroatoms. The standard InChI is InChI=1S/C14H23N/c1-5-11(4)13-9-8-10-14(15-13)12(6-2)7-3/h8-12H,5-7H2,1-4H3. The van der Waals surface area contributed by atoms with E-state index in [1.54, 1.807) is 0 Å². The van der Waals surface area contributed by atoms with Crippen molar-refractivity contribution in [3.8, 4) is 0 Å². The van der Waals surface area contributed by atoms with Crippen LogP contribution >= 0.6 is 0 Å². The lowest BCUT2D eigenvalue weighted by Gasteiger charge is -2.15. The zero-order valence-corrected chi connectivity index (χ0v) is 10.5. The highest BCUT2D eigenvalue weighted by molar-refractivity contribution is 5.17. The Hall–Kier alpha value is -0.850. The van der Waals surface area contributed by atoms with Gasteiger partial charge in [-0.1, -0.05) is 33.8 Å². The van der Waals surface area contributed by atoms with Crippen LogP contribution in [-0.4, -0.2) is 4.98 Å². The average Bonchev–Trinajstić information content (AvgIpc) is 2.30. The molecule has 0 spiro atoms. The van der Waals surface area contributed by atoms with Gasteiger partial charge >= 0.3 is 0 Å². The predicted octanol–water partition coefficient (Wildman–Crippen LogP) is 4.50. The number of hydrogen-bond donors (Lipinski definition) is 0. The highest BCUT2D eigenvalue weighted by Gasteiger charge is 2.10. The largest absolute Gasteiger partial charge is 0.257 e. The molecule has 0 N–H and O–H groups in total. The third-order valence-electron chi connectivity index (χ3n) is 3.31. The molecule has 1 aromatic rings. The van der Waals surface area contributed by atoms with Crippen LogP contribution in [0.25, 0.3) is 0 Å². The summed E-state index contributed by atoms with van der Waals surface area (Å²) < 4.78 is 0. The maximum atomic E-state index is 4.79. The van der Waals surface area contributed by atoms with Crippen LogP contribution in [-0.2, 0) is 0 Å². The number of pyridine rings is 1. The van der Waals surface area contributed by atoms with E-state index in [1.165, 1.54) is 30.7 Å². The molecule has 1 rings (SSSR count). The van der Waals surface area contributed by atoms with E-state index < -0.39 is 0 Å². The molecule has 0 fully saturated rings. The zero-order chi connectivity index (χ0) is 11.3. The Morgan fingerprint density at radius 1 is 1.00 bits per heavy atom. The topological polar surface area (TPSA) is 12.9 Å². The molecular formula is C14H23N. The Bertz CT molecular complexity index is 289. The van der Waals surface area contributed by atoms with Gasteiger partial charge in [0.25, 0.3) is 0 Å². The zero-order valence-electron chi connectivity index (χ0n) is 10.5. The van der Waals surface area contributed by atoms with E-state index in [9.17, 15) is 0 Å². The maximum Gasteiger partial charge on any atom is 0.0437 e. The smallest absolute Gasteiger partial charge is 0.0437 e. The van der Waals surface area contributed by atoms with E-state index in [4.69, 9.17) is 4.98 Å². The van der Waals surface area contributed by atoms with E-state index in [0.29, 0.717) is 11.8 Å². The SMILES string of the molecule is CCC(C)c1cccc(C(CC)CC)n1. The molecule has 1 unspecified atom stereocenters. The predicted molar refractivity (Wildman–Crippen MR) is 66.3 cm³/mol. The molecule has 15 heavy (non-hydrogen) atoms. The van der Waals surface area contributed by atoms with Crippen LogP contribution in [0, 0.1) is 0 Å². The summed E-state index contributed by atoms with van der Waals surface area (Å²) >= 11 is 0. The van der Waals surface area contributed by atoms with Gasteiger partial charge in [-0.05, 0) is 37.3 Å². The van der Waals surface area contributed by atoms with Crippen molar-refractivity contribution in [3.63, 3.8) is 0 Å². The summed E-state index contributed by atoms with van der Waals surface area (Å²) in [5, 5.41) is 0. The van der Waals surface area contributed by atoms with Crippen LogP contribution in [0.4, 0.5) is 0 Å². The number of hydrogen-bond acceptors (Lipinski definition) is 1. The molecule has 0 saturated carbocycles. The fourth-order valence-electron chi connectivity index (χ4n) is 1.89. The number of nitrogens with zero attached hydrogens (tertiary/aromatic N) is 1. The quantitative estimate of drug-likeness (QED) is 0.689. The average molecular weight is 205 g/mol. The number of rotatable bonds is 5. The van der Waals surface area contributed by atoms with Gasteiger partial charge in [-0.15, -0.1) is 0 Å². The van der Waals surface area contributed by atoms with Crippen LogP contribution in [0.1, 0.15) is 70.2 Å². The maximum absolute atomic E-state index is 4.79. The summed E-state index contributed by atoms with van der Waals surface area (Å²) in [6.45, 7) is 8.95. The van der Waals surface area contributed by atoms with Crippen molar-refractivity contribution < 1.29 is 0 Å². The second-order valence-corrected chi connectivity index (χ2v) is 4.31. The molecular weight excluding hydrogens is 182 g/mol. The Kier molecular flexibility index (Phi) is 4.80. The third kappa shape index (κ3) is 3.05. The van der Waals surface area contributed by atoms with Crippen molar-refractivity contribution in [3.05, 3.63) is 29.6 Å². The van der Waals surface area contributed by atoms with Crippen molar-refractivity contribution >= 4 is 0 Å². The minimum absolute atomic E-state index is 0.583. The molecule has 1 nitrogen and oxygen atoms in total. The van der Waals surface area contributed by atoms with Gasteiger partial charge in [0.15, 0.2) is 0 Å². The second-order valence-electron chi connectivity index (χ2n) is 4.31. The molecule has 1 atom stereocenters. The summed E-state index contributed by atoms with van der Waals surface area (Å²) in [6, 6.07) is 6.48. The number of aromatic nitrogens is 1.